The Labute approximate surface area is 179 Å². The third-order valence-electron chi connectivity index (χ3n) is 4.81. The van der Waals surface area contributed by atoms with Crippen molar-refractivity contribution >= 4 is 5.97 Å². The van der Waals surface area contributed by atoms with Gasteiger partial charge in [-0.25, -0.2) is 0 Å². The molecule has 0 aliphatic heterocycles. The minimum Gasteiger partial charge on any atom is -0.481 e. The van der Waals surface area contributed by atoms with Gasteiger partial charge < -0.3 is 20.4 Å². The van der Waals surface area contributed by atoms with E-state index in [2.05, 4.69) is 19.1 Å². The normalized spacial score (nSPS) is 12.0. The molecule has 0 spiro atoms. The number of aliphatic hydroxyl groups excluding tert-OH is 3. The van der Waals surface area contributed by atoms with E-state index < -0.39 is 12.1 Å². The molecule has 0 aromatic rings. The second-order valence-electron chi connectivity index (χ2n) is 7.78. The lowest BCUT2D eigenvalue weighted by molar-refractivity contribution is -0.137. The van der Waals surface area contributed by atoms with Gasteiger partial charge in [-0.1, -0.05) is 70.4 Å². The maximum absolute atomic E-state index is 10.3. The highest BCUT2D eigenvalue weighted by atomic mass is 16.4. The van der Waals surface area contributed by atoms with Crippen molar-refractivity contribution in [1.29, 1.82) is 0 Å². The predicted octanol–water partition coefficient (Wildman–Crippen LogP) is 5.61. The van der Waals surface area contributed by atoms with E-state index in [-0.39, 0.29) is 13.2 Å². The van der Waals surface area contributed by atoms with E-state index in [4.69, 9.17) is 20.4 Å². The number of allylic oxidation sites excluding steroid dienone is 2. The van der Waals surface area contributed by atoms with Gasteiger partial charge in [-0.15, -0.1) is 0 Å². The zero-order chi connectivity index (χ0) is 22.0. The number of hydrogen-bond donors (Lipinski definition) is 4. The number of aliphatic hydroxyl groups is 3. The Balaban J connectivity index is 0. The highest BCUT2D eigenvalue weighted by Crippen LogP contribution is 2.09. The zero-order valence-corrected chi connectivity index (χ0v) is 18.9. The molecule has 0 bridgehead atoms. The van der Waals surface area contributed by atoms with Crippen LogP contribution in [0, 0.1) is 0 Å². The molecule has 0 radical (unpaired) electrons. The minimum absolute atomic E-state index is 0.165. The lowest BCUT2D eigenvalue weighted by atomic mass is 10.1. The number of carbonyl (C=O) groups is 1. The quantitative estimate of drug-likeness (QED) is 0.153. The Morgan fingerprint density at radius 1 is 0.759 bits per heavy atom. The second-order valence-corrected chi connectivity index (χ2v) is 7.78. The van der Waals surface area contributed by atoms with Gasteiger partial charge in [0.05, 0.1) is 12.7 Å². The van der Waals surface area contributed by atoms with Crippen molar-refractivity contribution in [3.8, 4) is 0 Å². The lowest BCUT2D eigenvalue weighted by Crippen LogP contribution is -2.11. The Hall–Kier alpha value is -0.910. The monoisotopic (exact) mass is 416 g/mol. The summed E-state index contributed by atoms with van der Waals surface area (Å²) in [6.07, 6.45) is 22.7. The molecule has 0 aromatic heterocycles. The molecule has 29 heavy (non-hydrogen) atoms. The highest BCUT2D eigenvalue weighted by Gasteiger charge is 1.99. The Morgan fingerprint density at radius 2 is 1.28 bits per heavy atom. The van der Waals surface area contributed by atoms with E-state index in [0.717, 1.165) is 19.3 Å². The average Bonchev–Trinajstić information content (AvgIpc) is 2.71. The van der Waals surface area contributed by atoms with Gasteiger partial charge in [0, 0.05) is 13.0 Å². The van der Waals surface area contributed by atoms with Gasteiger partial charge in [0.2, 0.25) is 0 Å². The predicted molar refractivity (Wildman–Crippen MR) is 121 cm³/mol. The minimum atomic E-state index is -0.664. The molecule has 1 unspecified atom stereocenters. The number of carboxylic acids is 1. The standard InChI is InChI=1S/C18H34O2.C6H14O3/c1-2-3-4-5-6-7-8-9-10-11-12-13-14-15-16-17-18(19)20;7-4-2-1-3-6(9)5-8/h9-10H,2-8,11-17H2,1H3,(H,19,20);6-9H,1-5H2/b10-9-;. The maximum atomic E-state index is 10.3. The number of hydrogen-bond acceptors (Lipinski definition) is 4. The number of unbranched alkanes of at least 4 members (excludes halogenated alkanes) is 12. The van der Waals surface area contributed by atoms with E-state index in [0.29, 0.717) is 19.3 Å². The molecule has 0 saturated carbocycles. The van der Waals surface area contributed by atoms with Crippen LogP contribution in [0.1, 0.15) is 116 Å². The number of rotatable bonds is 20. The molecule has 0 aliphatic carbocycles. The summed E-state index contributed by atoms with van der Waals surface area (Å²) in [7, 11) is 0. The van der Waals surface area contributed by atoms with E-state index >= 15 is 0 Å². The third-order valence-corrected chi connectivity index (χ3v) is 4.81. The first kappa shape index (κ1) is 30.3. The van der Waals surface area contributed by atoms with Crippen molar-refractivity contribution in [3.63, 3.8) is 0 Å². The fraction of sp³-hybridized carbons (Fsp3) is 0.875. The second kappa shape index (κ2) is 27.1. The molecule has 0 rings (SSSR count). The third kappa shape index (κ3) is 32.0. The lowest BCUT2D eigenvalue weighted by Gasteiger charge is -2.03. The Kier molecular flexibility index (Phi) is 28.3. The van der Waals surface area contributed by atoms with Crippen LogP contribution < -0.4 is 0 Å². The summed E-state index contributed by atoms with van der Waals surface area (Å²) < 4.78 is 0. The van der Waals surface area contributed by atoms with Crippen LogP contribution in [0.25, 0.3) is 0 Å². The van der Waals surface area contributed by atoms with Gasteiger partial charge in [-0.05, 0) is 51.4 Å². The van der Waals surface area contributed by atoms with Crippen LogP contribution >= 0.6 is 0 Å². The van der Waals surface area contributed by atoms with E-state index in [1.165, 1.54) is 70.6 Å². The molecule has 174 valence electrons. The average molecular weight is 417 g/mol. The molecule has 0 aliphatic rings. The van der Waals surface area contributed by atoms with Crippen LogP contribution in [-0.4, -0.2) is 45.7 Å². The van der Waals surface area contributed by atoms with Crippen LogP contribution in [0.15, 0.2) is 12.2 Å². The van der Waals surface area contributed by atoms with Crippen LogP contribution in [0.3, 0.4) is 0 Å². The molecular formula is C24H48O5. The summed E-state index contributed by atoms with van der Waals surface area (Å²) in [4.78, 5) is 10.3. The highest BCUT2D eigenvalue weighted by molar-refractivity contribution is 5.66. The van der Waals surface area contributed by atoms with Crippen molar-refractivity contribution in [2.24, 2.45) is 0 Å². The summed E-state index contributed by atoms with van der Waals surface area (Å²) in [5, 5.41) is 33.9. The molecule has 0 aromatic carbocycles. The first-order chi connectivity index (χ1) is 14.1. The molecule has 0 amide bonds. The summed E-state index contributed by atoms with van der Waals surface area (Å²) in [6.45, 7) is 2.25. The van der Waals surface area contributed by atoms with Crippen LogP contribution in [0.2, 0.25) is 0 Å². The zero-order valence-electron chi connectivity index (χ0n) is 18.9. The van der Waals surface area contributed by atoms with E-state index in [1.807, 2.05) is 0 Å². The van der Waals surface area contributed by atoms with Gasteiger partial charge in [-0.2, -0.15) is 0 Å². The van der Waals surface area contributed by atoms with Crippen LogP contribution in [0.4, 0.5) is 0 Å². The number of aliphatic carboxylic acids is 1. The molecule has 0 heterocycles. The summed E-state index contributed by atoms with van der Waals surface area (Å²) in [5.41, 5.74) is 0. The molecular weight excluding hydrogens is 368 g/mol. The van der Waals surface area contributed by atoms with Gasteiger partial charge in [0.15, 0.2) is 0 Å². The first-order valence-electron chi connectivity index (χ1n) is 11.8. The summed E-state index contributed by atoms with van der Waals surface area (Å²) in [5.74, 6) is -0.664. The van der Waals surface area contributed by atoms with Gasteiger partial charge in [-0.3, -0.25) is 4.79 Å². The van der Waals surface area contributed by atoms with Crippen molar-refractivity contribution < 1.29 is 25.2 Å². The van der Waals surface area contributed by atoms with E-state index in [9.17, 15) is 4.79 Å². The molecule has 1 atom stereocenters. The maximum Gasteiger partial charge on any atom is 0.303 e. The SMILES string of the molecule is CCCCCCCC/C=C\CCCCCCCC(=O)O.OCCCCC(O)CO. The largest absolute Gasteiger partial charge is 0.481 e. The smallest absolute Gasteiger partial charge is 0.303 e. The van der Waals surface area contributed by atoms with Gasteiger partial charge in [0.1, 0.15) is 0 Å². The van der Waals surface area contributed by atoms with E-state index in [1.54, 1.807) is 0 Å². The molecule has 4 N–H and O–H groups in total. The molecule has 5 nitrogen and oxygen atoms in total. The van der Waals surface area contributed by atoms with Crippen molar-refractivity contribution in [2.45, 2.75) is 122 Å². The summed E-state index contributed by atoms with van der Waals surface area (Å²) in [6, 6.07) is 0. The molecule has 0 fully saturated rings. The van der Waals surface area contributed by atoms with Crippen molar-refractivity contribution in [2.75, 3.05) is 13.2 Å². The Morgan fingerprint density at radius 3 is 1.76 bits per heavy atom. The van der Waals surface area contributed by atoms with Gasteiger partial charge in [0.25, 0.3) is 0 Å². The Bertz CT molecular complexity index is 344. The van der Waals surface area contributed by atoms with Gasteiger partial charge >= 0.3 is 5.97 Å². The topological polar surface area (TPSA) is 98.0 Å². The molecule has 0 saturated heterocycles. The van der Waals surface area contributed by atoms with Crippen molar-refractivity contribution in [3.05, 3.63) is 12.2 Å². The first-order valence-corrected chi connectivity index (χ1v) is 11.8. The fourth-order valence-electron chi connectivity index (χ4n) is 2.93. The summed E-state index contributed by atoms with van der Waals surface area (Å²) >= 11 is 0. The number of carboxylic acid groups (broad SMARTS) is 1. The molecule has 5 heteroatoms. The fourth-order valence-corrected chi connectivity index (χ4v) is 2.93. The van der Waals surface area contributed by atoms with Crippen LogP contribution in [-0.2, 0) is 4.79 Å². The van der Waals surface area contributed by atoms with Crippen molar-refractivity contribution in [1.82, 2.24) is 0 Å². The van der Waals surface area contributed by atoms with Crippen LogP contribution in [0.5, 0.6) is 0 Å².